The molecule has 1 fully saturated rings. The molecule has 2 aromatic rings. The van der Waals surface area contributed by atoms with Gasteiger partial charge >= 0.3 is 0 Å². The molecule has 0 spiro atoms. The van der Waals surface area contributed by atoms with E-state index in [0.29, 0.717) is 11.3 Å². The van der Waals surface area contributed by atoms with Gasteiger partial charge in [0, 0.05) is 6.04 Å². The minimum Gasteiger partial charge on any atom is -0.351 e. The number of rotatable bonds is 3. The Kier molecular flexibility index (Phi) is 4.34. The van der Waals surface area contributed by atoms with Crippen LogP contribution in [0.5, 0.6) is 0 Å². The zero-order chi connectivity index (χ0) is 15.7. The smallest absolute Gasteiger partial charge is 0.269 e. The molecule has 3 atom stereocenters. The average Bonchev–Trinajstić information content (AvgIpc) is 2.86. The summed E-state index contributed by atoms with van der Waals surface area (Å²) in [7, 11) is 0. The fourth-order valence-corrected chi connectivity index (χ4v) is 4.22. The zero-order valence-corrected chi connectivity index (χ0v) is 13.9. The lowest BCUT2D eigenvalue weighted by Gasteiger charge is -2.30. The zero-order valence-electron chi connectivity index (χ0n) is 13.0. The second-order valence-corrected chi connectivity index (χ2v) is 7.29. The van der Waals surface area contributed by atoms with Gasteiger partial charge in [0.15, 0.2) is 0 Å². The third-order valence-electron chi connectivity index (χ3n) is 4.68. The van der Waals surface area contributed by atoms with Crippen molar-refractivity contribution < 1.29 is 4.79 Å². The Labute approximate surface area is 134 Å². The van der Waals surface area contributed by atoms with E-state index < -0.39 is 6.04 Å². The highest BCUT2D eigenvalue weighted by Gasteiger charge is 2.26. The first-order valence-electron chi connectivity index (χ1n) is 7.99. The van der Waals surface area contributed by atoms with Gasteiger partial charge < -0.3 is 5.32 Å². The minimum absolute atomic E-state index is 0.0487. The molecule has 0 saturated heterocycles. The van der Waals surface area contributed by atoms with Crippen LogP contribution < -0.4 is 10.9 Å². The number of benzene rings is 1. The number of fused-ring (bicyclic) bond motifs is 1. The first-order valence-corrected chi connectivity index (χ1v) is 8.76. The lowest BCUT2D eigenvalue weighted by atomic mass is 9.86. The largest absolute Gasteiger partial charge is 0.351 e. The first kappa shape index (κ1) is 15.3. The Balaban J connectivity index is 1.79. The molecule has 4 nitrogen and oxygen atoms in total. The predicted molar refractivity (Wildman–Crippen MR) is 90.4 cm³/mol. The molecule has 0 aliphatic heterocycles. The van der Waals surface area contributed by atoms with Crippen LogP contribution in [0.4, 0.5) is 0 Å². The number of carbonyl (C=O) groups excluding carboxylic acids is 1. The SMILES string of the molecule is CC1CCCCC1NC(=O)C(C)n1sc2ccccc2c1=O. The Hall–Kier alpha value is -1.62. The number of hydrogen-bond acceptors (Lipinski definition) is 3. The van der Waals surface area contributed by atoms with Crippen LogP contribution in [0, 0.1) is 5.92 Å². The molecule has 1 heterocycles. The molecule has 0 radical (unpaired) electrons. The van der Waals surface area contributed by atoms with Crippen LogP contribution in [0.2, 0.25) is 0 Å². The molecule has 118 valence electrons. The van der Waals surface area contributed by atoms with E-state index >= 15 is 0 Å². The molecule has 1 amide bonds. The highest BCUT2D eigenvalue weighted by molar-refractivity contribution is 7.14. The molecule has 1 saturated carbocycles. The fraction of sp³-hybridized carbons (Fsp3) is 0.529. The molecule has 1 aliphatic carbocycles. The van der Waals surface area contributed by atoms with Crippen molar-refractivity contribution in [3.05, 3.63) is 34.6 Å². The molecule has 1 N–H and O–H groups in total. The summed E-state index contributed by atoms with van der Waals surface area (Å²) in [6.45, 7) is 4.00. The topological polar surface area (TPSA) is 51.1 Å². The maximum atomic E-state index is 12.5. The number of carbonyl (C=O) groups is 1. The van der Waals surface area contributed by atoms with E-state index in [4.69, 9.17) is 0 Å². The van der Waals surface area contributed by atoms with Crippen molar-refractivity contribution in [3.63, 3.8) is 0 Å². The van der Waals surface area contributed by atoms with E-state index in [2.05, 4.69) is 12.2 Å². The lowest BCUT2D eigenvalue weighted by molar-refractivity contribution is -0.125. The molecule has 3 rings (SSSR count). The molecule has 1 aromatic carbocycles. The normalized spacial score (nSPS) is 23.4. The van der Waals surface area contributed by atoms with Gasteiger partial charge in [-0.3, -0.25) is 13.5 Å². The quantitative estimate of drug-likeness (QED) is 0.944. The van der Waals surface area contributed by atoms with Crippen LogP contribution in [0.25, 0.3) is 10.1 Å². The fourth-order valence-electron chi connectivity index (χ4n) is 3.18. The summed E-state index contributed by atoms with van der Waals surface area (Å²) in [5.41, 5.74) is -0.0695. The van der Waals surface area contributed by atoms with Crippen LogP contribution in [0.1, 0.15) is 45.6 Å². The van der Waals surface area contributed by atoms with Gasteiger partial charge in [-0.15, -0.1) is 0 Å². The average molecular weight is 318 g/mol. The summed E-state index contributed by atoms with van der Waals surface area (Å²) in [5, 5.41) is 3.84. The summed E-state index contributed by atoms with van der Waals surface area (Å²) < 4.78 is 2.52. The molecule has 22 heavy (non-hydrogen) atoms. The van der Waals surface area contributed by atoms with Gasteiger partial charge in [0.1, 0.15) is 6.04 Å². The van der Waals surface area contributed by atoms with Crippen LogP contribution in [0.3, 0.4) is 0 Å². The Morgan fingerprint density at radius 3 is 2.77 bits per heavy atom. The van der Waals surface area contributed by atoms with E-state index in [1.807, 2.05) is 24.3 Å². The number of amides is 1. The summed E-state index contributed by atoms with van der Waals surface area (Å²) in [6.07, 6.45) is 4.63. The van der Waals surface area contributed by atoms with Gasteiger partial charge in [-0.05, 0) is 37.8 Å². The van der Waals surface area contributed by atoms with Crippen molar-refractivity contribution in [2.45, 2.75) is 51.6 Å². The predicted octanol–water partition coefficient (Wildman–Crippen LogP) is 3.32. The maximum absolute atomic E-state index is 12.5. The molecule has 5 heteroatoms. The van der Waals surface area contributed by atoms with E-state index in [1.165, 1.54) is 30.8 Å². The second kappa shape index (κ2) is 6.24. The van der Waals surface area contributed by atoms with E-state index in [9.17, 15) is 9.59 Å². The van der Waals surface area contributed by atoms with E-state index in [1.54, 1.807) is 10.9 Å². The summed E-state index contributed by atoms with van der Waals surface area (Å²) in [6, 6.07) is 7.30. The van der Waals surface area contributed by atoms with Crippen molar-refractivity contribution in [2.75, 3.05) is 0 Å². The summed E-state index contributed by atoms with van der Waals surface area (Å²) >= 11 is 1.37. The van der Waals surface area contributed by atoms with Gasteiger partial charge in [0.2, 0.25) is 5.91 Å². The van der Waals surface area contributed by atoms with Crippen LogP contribution in [0.15, 0.2) is 29.1 Å². The Morgan fingerprint density at radius 1 is 1.32 bits per heavy atom. The highest BCUT2D eigenvalue weighted by Crippen LogP contribution is 2.25. The van der Waals surface area contributed by atoms with Crippen LogP contribution >= 0.6 is 11.5 Å². The Morgan fingerprint density at radius 2 is 2.05 bits per heavy atom. The minimum atomic E-state index is -0.459. The first-order chi connectivity index (χ1) is 10.6. The monoisotopic (exact) mass is 318 g/mol. The van der Waals surface area contributed by atoms with Crippen molar-refractivity contribution in [1.29, 1.82) is 0 Å². The standard InChI is InChI=1S/C17H22N2O2S/c1-11-7-3-5-9-14(11)18-16(20)12(2)19-17(21)13-8-4-6-10-15(13)22-19/h4,6,8,10-12,14H,3,5,7,9H2,1-2H3,(H,18,20). The number of nitrogens with zero attached hydrogens (tertiary/aromatic N) is 1. The molecular weight excluding hydrogens is 296 g/mol. The van der Waals surface area contributed by atoms with Crippen molar-refractivity contribution >= 4 is 27.5 Å². The Bertz CT molecular complexity index is 734. The molecule has 1 aromatic heterocycles. The van der Waals surface area contributed by atoms with Gasteiger partial charge in [-0.25, -0.2) is 0 Å². The number of nitrogens with one attached hydrogen (secondary N) is 1. The van der Waals surface area contributed by atoms with Gasteiger partial charge in [0.25, 0.3) is 5.56 Å². The van der Waals surface area contributed by atoms with Gasteiger partial charge in [-0.2, -0.15) is 0 Å². The van der Waals surface area contributed by atoms with Crippen molar-refractivity contribution in [2.24, 2.45) is 5.92 Å². The highest BCUT2D eigenvalue weighted by atomic mass is 32.1. The van der Waals surface area contributed by atoms with Crippen molar-refractivity contribution in [1.82, 2.24) is 9.27 Å². The van der Waals surface area contributed by atoms with Gasteiger partial charge in [-0.1, -0.05) is 43.4 Å². The molecule has 3 unspecified atom stereocenters. The van der Waals surface area contributed by atoms with Crippen molar-refractivity contribution in [3.8, 4) is 0 Å². The maximum Gasteiger partial charge on any atom is 0.269 e. The summed E-state index contributed by atoms with van der Waals surface area (Å²) in [5.74, 6) is 0.469. The number of aromatic nitrogens is 1. The summed E-state index contributed by atoms with van der Waals surface area (Å²) in [4.78, 5) is 24.9. The number of hydrogen-bond donors (Lipinski definition) is 1. The second-order valence-electron chi connectivity index (χ2n) is 6.27. The molecule has 0 bridgehead atoms. The van der Waals surface area contributed by atoms with E-state index in [0.717, 1.165) is 11.1 Å². The van der Waals surface area contributed by atoms with E-state index in [-0.39, 0.29) is 17.5 Å². The lowest BCUT2D eigenvalue weighted by Crippen LogP contribution is -2.44. The third kappa shape index (κ3) is 2.82. The van der Waals surface area contributed by atoms with Crippen LogP contribution in [-0.2, 0) is 4.79 Å². The molecular formula is C17H22N2O2S. The van der Waals surface area contributed by atoms with Gasteiger partial charge in [0.05, 0.1) is 10.1 Å². The van der Waals surface area contributed by atoms with Crippen LogP contribution in [-0.4, -0.2) is 15.9 Å². The molecule has 1 aliphatic rings. The third-order valence-corrected chi connectivity index (χ3v) is 5.92.